The van der Waals surface area contributed by atoms with Gasteiger partial charge >= 0.3 is 5.97 Å². The molecule has 5 nitrogen and oxygen atoms in total. The number of carboxylic acids is 1. The lowest BCUT2D eigenvalue weighted by atomic mass is 10.0. The number of carbonyl (C=O) groups is 1. The van der Waals surface area contributed by atoms with Crippen molar-refractivity contribution in [1.29, 1.82) is 0 Å². The Kier molecular flexibility index (Phi) is 3.75. The lowest BCUT2D eigenvalue weighted by Crippen LogP contribution is -2.19. The fourth-order valence-corrected chi connectivity index (χ4v) is 2.45. The lowest BCUT2D eigenvalue weighted by Gasteiger charge is -2.18. The number of aliphatic hydroxyl groups excluding tert-OH is 1. The van der Waals surface area contributed by atoms with E-state index in [1.807, 2.05) is 6.92 Å². The monoisotopic (exact) mass is 264 g/mol. The van der Waals surface area contributed by atoms with Gasteiger partial charge < -0.3 is 15.5 Å². The molecule has 1 heterocycles. The Morgan fingerprint density at radius 1 is 1.47 bits per heavy atom. The van der Waals surface area contributed by atoms with Crippen LogP contribution in [0.25, 0.3) is 0 Å². The number of pyridine rings is 1. The van der Waals surface area contributed by atoms with Crippen molar-refractivity contribution in [1.82, 2.24) is 4.98 Å². The molecule has 0 amide bonds. The Bertz CT molecular complexity index is 496. The number of nitrogens with zero attached hydrogens (tertiary/aromatic N) is 1. The minimum Gasteiger partial charge on any atom is -0.478 e. The van der Waals surface area contributed by atoms with E-state index in [0.29, 0.717) is 17.9 Å². The third-order valence-electron chi connectivity index (χ3n) is 3.80. The van der Waals surface area contributed by atoms with Gasteiger partial charge in [0.05, 0.1) is 11.4 Å². The van der Waals surface area contributed by atoms with Gasteiger partial charge in [0.25, 0.3) is 0 Å². The van der Waals surface area contributed by atoms with E-state index >= 15 is 0 Å². The summed E-state index contributed by atoms with van der Waals surface area (Å²) in [6.45, 7) is 4.45. The molecule has 1 fully saturated rings. The summed E-state index contributed by atoms with van der Waals surface area (Å²) >= 11 is 0. The molecule has 0 radical (unpaired) electrons. The first-order chi connectivity index (χ1) is 8.97. The van der Waals surface area contributed by atoms with Gasteiger partial charge in [0, 0.05) is 18.8 Å². The Hall–Kier alpha value is -1.62. The number of aliphatic hydroxyl groups is 1. The maximum atomic E-state index is 11.3. The van der Waals surface area contributed by atoms with Crippen LogP contribution in [0.3, 0.4) is 0 Å². The van der Waals surface area contributed by atoms with Crippen molar-refractivity contribution in [3.05, 3.63) is 23.0 Å². The van der Waals surface area contributed by atoms with Crippen LogP contribution in [0.4, 0.5) is 5.69 Å². The molecular formula is C14H20N2O3. The molecule has 3 N–H and O–H groups in total. The average molecular weight is 264 g/mol. The highest BCUT2D eigenvalue weighted by Crippen LogP contribution is 2.48. The van der Waals surface area contributed by atoms with E-state index in [-0.39, 0.29) is 17.6 Å². The van der Waals surface area contributed by atoms with Crippen LogP contribution in [-0.2, 0) is 0 Å². The van der Waals surface area contributed by atoms with Crippen molar-refractivity contribution in [2.45, 2.75) is 33.1 Å². The summed E-state index contributed by atoms with van der Waals surface area (Å²) in [5, 5.41) is 21.5. The molecule has 0 unspecified atom stereocenters. The van der Waals surface area contributed by atoms with E-state index in [1.165, 1.54) is 0 Å². The van der Waals surface area contributed by atoms with Crippen molar-refractivity contribution < 1.29 is 15.0 Å². The number of nitrogens with one attached hydrogen (secondary N) is 1. The number of aromatic nitrogens is 1. The van der Waals surface area contributed by atoms with Crippen LogP contribution in [0.1, 0.15) is 41.0 Å². The molecule has 1 aromatic heterocycles. The van der Waals surface area contributed by atoms with Gasteiger partial charge in [-0.3, -0.25) is 4.98 Å². The van der Waals surface area contributed by atoms with Gasteiger partial charge in [0.2, 0.25) is 0 Å². The van der Waals surface area contributed by atoms with Crippen molar-refractivity contribution in [2.24, 2.45) is 5.41 Å². The minimum atomic E-state index is -0.959. The first-order valence-electron chi connectivity index (χ1n) is 6.54. The highest BCUT2D eigenvalue weighted by atomic mass is 16.4. The number of carboxylic acid groups (broad SMARTS) is 1. The topological polar surface area (TPSA) is 82.5 Å². The van der Waals surface area contributed by atoms with Crippen LogP contribution in [0, 0.1) is 19.3 Å². The summed E-state index contributed by atoms with van der Waals surface area (Å²) in [6, 6.07) is 1.77. The van der Waals surface area contributed by atoms with Crippen LogP contribution in [0.15, 0.2) is 6.07 Å². The Balaban J connectivity index is 2.17. The molecular weight excluding hydrogens is 244 g/mol. The van der Waals surface area contributed by atoms with E-state index in [1.54, 1.807) is 13.0 Å². The van der Waals surface area contributed by atoms with Crippen LogP contribution < -0.4 is 5.32 Å². The molecule has 1 saturated carbocycles. The lowest BCUT2D eigenvalue weighted by molar-refractivity contribution is 0.0696. The predicted molar refractivity (Wildman–Crippen MR) is 72.5 cm³/mol. The summed E-state index contributed by atoms with van der Waals surface area (Å²) in [4.78, 5) is 15.5. The van der Waals surface area contributed by atoms with Gasteiger partial charge in [-0.1, -0.05) is 0 Å². The second-order valence-corrected chi connectivity index (χ2v) is 5.40. The van der Waals surface area contributed by atoms with Gasteiger partial charge in [-0.15, -0.1) is 0 Å². The second kappa shape index (κ2) is 5.17. The van der Waals surface area contributed by atoms with E-state index in [0.717, 1.165) is 25.0 Å². The zero-order chi connectivity index (χ0) is 14.0. The van der Waals surface area contributed by atoms with Crippen LogP contribution in [0.5, 0.6) is 0 Å². The predicted octanol–water partition coefficient (Wildman–Crippen LogP) is 1.97. The summed E-state index contributed by atoms with van der Waals surface area (Å²) in [7, 11) is 0. The zero-order valence-corrected chi connectivity index (χ0v) is 11.4. The SMILES string of the molecule is Cc1cc(NCC2(CCO)CC2)c(C(=O)O)c(C)n1. The van der Waals surface area contributed by atoms with Gasteiger partial charge in [-0.25, -0.2) is 4.79 Å². The summed E-state index contributed by atoms with van der Waals surface area (Å²) in [5.41, 5.74) is 2.35. The van der Waals surface area contributed by atoms with E-state index < -0.39 is 5.97 Å². The summed E-state index contributed by atoms with van der Waals surface area (Å²) < 4.78 is 0. The molecule has 0 atom stereocenters. The van der Waals surface area contributed by atoms with E-state index in [4.69, 9.17) is 5.11 Å². The summed E-state index contributed by atoms with van der Waals surface area (Å²) in [5.74, 6) is -0.959. The van der Waals surface area contributed by atoms with Crippen molar-refractivity contribution >= 4 is 11.7 Å². The van der Waals surface area contributed by atoms with Gasteiger partial charge in [-0.2, -0.15) is 0 Å². The van der Waals surface area contributed by atoms with Crippen molar-refractivity contribution in [3.63, 3.8) is 0 Å². The van der Waals surface area contributed by atoms with Crippen LogP contribution >= 0.6 is 0 Å². The first kappa shape index (κ1) is 13.8. The number of anilines is 1. The molecule has 0 bridgehead atoms. The molecule has 1 aromatic rings. The van der Waals surface area contributed by atoms with Crippen LogP contribution in [0.2, 0.25) is 0 Å². The number of rotatable bonds is 6. The molecule has 1 aliphatic rings. The smallest absolute Gasteiger partial charge is 0.339 e. The number of hydrogen-bond acceptors (Lipinski definition) is 4. The third-order valence-corrected chi connectivity index (χ3v) is 3.80. The van der Waals surface area contributed by atoms with Gasteiger partial charge in [-0.05, 0) is 44.6 Å². The molecule has 19 heavy (non-hydrogen) atoms. The molecule has 104 valence electrons. The highest BCUT2D eigenvalue weighted by Gasteiger charge is 2.41. The first-order valence-corrected chi connectivity index (χ1v) is 6.54. The number of hydrogen-bond donors (Lipinski definition) is 3. The molecule has 2 rings (SSSR count). The van der Waals surface area contributed by atoms with E-state index in [2.05, 4.69) is 10.3 Å². The Morgan fingerprint density at radius 2 is 2.16 bits per heavy atom. The Morgan fingerprint density at radius 3 is 2.68 bits per heavy atom. The zero-order valence-electron chi connectivity index (χ0n) is 11.4. The average Bonchev–Trinajstić information content (AvgIpc) is 3.06. The molecule has 0 saturated heterocycles. The standard InChI is InChI=1S/C14H20N2O3/c1-9-7-11(12(13(18)19)10(2)16-9)15-8-14(3-4-14)5-6-17/h7,17H,3-6,8H2,1-2H3,(H,15,16)(H,18,19). The molecule has 1 aliphatic carbocycles. The van der Waals surface area contributed by atoms with Crippen LogP contribution in [-0.4, -0.2) is 34.3 Å². The molecule has 5 heteroatoms. The van der Waals surface area contributed by atoms with Gasteiger partial charge in [0.15, 0.2) is 0 Å². The molecule has 0 aliphatic heterocycles. The molecule has 0 spiro atoms. The third kappa shape index (κ3) is 3.04. The molecule has 0 aromatic carbocycles. The number of aryl methyl sites for hydroxylation is 2. The van der Waals surface area contributed by atoms with E-state index in [9.17, 15) is 9.90 Å². The quantitative estimate of drug-likeness (QED) is 0.731. The highest BCUT2D eigenvalue weighted by molar-refractivity contribution is 5.95. The summed E-state index contributed by atoms with van der Waals surface area (Å²) in [6.07, 6.45) is 2.95. The van der Waals surface area contributed by atoms with Crippen molar-refractivity contribution in [2.75, 3.05) is 18.5 Å². The maximum absolute atomic E-state index is 11.3. The minimum absolute atomic E-state index is 0.148. The Labute approximate surface area is 112 Å². The second-order valence-electron chi connectivity index (χ2n) is 5.40. The normalized spacial score (nSPS) is 16.2. The van der Waals surface area contributed by atoms with Gasteiger partial charge in [0.1, 0.15) is 5.56 Å². The largest absolute Gasteiger partial charge is 0.478 e. The van der Waals surface area contributed by atoms with Crippen molar-refractivity contribution in [3.8, 4) is 0 Å². The fourth-order valence-electron chi connectivity index (χ4n) is 2.45. The maximum Gasteiger partial charge on any atom is 0.339 e. The fraction of sp³-hybridized carbons (Fsp3) is 0.571. The number of aromatic carboxylic acids is 1.